The van der Waals surface area contributed by atoms with Crippen LogP contribution in [0.15, 0.2) is 83.8 Å². The minimum atomic E-state index is -3.67. The lowest BCUT2D eigenvalue weighted by molar-refractivity contribution is -0.114. The van der Waals surface area contributed by atoms with E-state index in [1.165, 1.54) is 0 Å². The lowest BCUT2D eigenvalue weighted by atomic mass is 10.2. The minimum absolute atomic E-state index is 0.325. The molecule has 168 valence electrons. The van der Waals surface area contributed by atoms with E-state index in [9.17, 15) is 13.2 Å². The van der Waals surface area contributed by atoms with Crippen molar-refractivity contribution in [2.24, 2.45) is 0 Å². The average Bonchev–Trinajstić information content (AvgIpc) is 2.78. The van der Waals surface area contributed by atoms with E-state index >= 15 is 0 Å². The van der Waals surface area contributed by atoms with Crippen LogP contribution in [0.2, 0.25) is 0 Å². The second-order valence-electron chi connectivity index (χ2n) is 7.02. The SMILES string of the molecule is CCSc1ccccc1NC(=O)CN(c1ccc(OCc2ccccc2)cc1)S(C)(=O)=O. The number of nitrogens with one attached hydrogen (secondary N) is 1. The molecule has 0 heterocycles. The zero-order valence-electron chi connectivity index (χ0n) is 18.0. The second kappa shape index (κ2) is 11.1. The standard InChI is InChI=1S/C24H26N2O4S2/c1-3-31-23-12-8-7-11-22(23)25-24(27)17-26(32(2,28)29)20-13-15-21(16-14-20)30-18-19-9-5-4-6-10-19/h4-16H,3,17-18H2,1-2H3,(H,25,27). The number of para-hydroxylation sites is 1. The number of hydrogen-bond donors (Lipinski definition) is 1. The van der Waals surface area contributed by atoms with Crippen molar-refractivity contribution in [3.63, 3.8) is 0 Å². The Kier molecular flexibility index (Phi) is 8.19. The number of rotatable bonds is 10. The van der Waals surface area contributed by atoms with Gasteiger partial charge in [-0.3, -0.25) is 9.10 Å². The number of thioether (sulfide) groups is 1. The van der Waals surface area contributed by atoms with Crippen molar-refractivity contribution in [1.82, 2.24) is 0 Å². The molecular weight excluding hydrogens is 444 g/mol. The summed E-state index contributed by atoms with van der Waals surface area (Å²) in [5, 5.41) is 2.83. The number of nitrogens with zero attached hydrogens (tertiary/aromatic N) is 1. The third kappa shape index (κ3) is 6.77. The predicted molar refractivity (Wildman–Crippen MR) is 131 cm³/mol. The summed E-state index contributed by atoms with van der Waals surface area (Å²) in [7, 11) is -3.67. The third-order valence-corrected chi connectivity index (χ3v) is 6.62. The van der Waals surface area contributed by atoms with Gasteiger partial charge in [-0.15, -0.1) is 11.8 Å². The van der Waals surface area contributed by atoms with Crippen molar-refractivity contribution in [1.29, 1.82) is 0 Å². The summed E-state index contributed by atoms with van der Waals surface area (Å²) in [5.41, 5.74) is 2.10. The summed E-state index contributed by atoms with van der Waals surface area (Å²) >= 11 is 1.61. The zero-order valence-corrected chi connectivity index (χ0v) is 19.7. The Morgan fingerprint density at radius 2 is 1.62 bits per heavy atom. The van der Waals surface area contributed by atoms with Gasteiger partial charge in [0.2, 0.25) is 15.9 Å². The molecule has 6 nitrogen and oxygen atoms in total. The molecule has 0 aliphatic heterocycles. The second-order valence-corrected chi connectivity index (χ2v) is 10.2. The van der Waals surface area contributed by atoms with E-state index in [1.807, 2.05) is 55.5 Å². The van der Waals surface area contributed by atoms with Gasteiger partial charge >= 0.3 is 0 Å². The Bertz CT molecular complexity index is 1130. The molecule has 0 saturated carbocycles. The number of ether oxygens (including phenoxy) is 1. The summed E-state index contributed by atoms with van der Waals surface area (Å²) in [6.45, 7) is 2.11. The summed E-state index contributed by atoms with van der Waals surface area (Å²) in [6, 6.07) is 23.9. The van der Waals surface area contributed by atoms with Crippen LogP contribution in [0, 0.1) is 0 Å². The van der Waals surface area contributed by atoms with Crippen molar-refractivity contribution < 1.29 is 17.9 Å². The van der Waals surface area contributed by atoms with E-state index in [0.717, 1.165) is 26.8 Å². The van der Waals surface area contributed by atoms with Crippen molar-refractivity contribution in [2.45, 2.75) is 18.4 Å². The molecule has 0 unspecified atom stereocenters. The molecule has 0 radical (unpaired) electrons. The van der Waals surface area contributed by atoms with Gasteiger partial charge in [-0.05, 0) is 47.7 Å². The quantitative estimate of drug-likeness (QED) is 0.432. The first-order valence-corrected chi connectivity index (χ1v) is 13.0. The highest BCUT2D eigenvalue weighted by atomic mass is 32.2. The van der Waals surface area contributed by atoms with E-state index in [0.29, 0.717) is 23.7 Å². The van der Waals surface area contributed by atoms with Crippen LogP contribution >= 0.6 is 11.8 Å². The van der Waals surface area contributed by atoms with Crippen LogP contribution in [0.25, 0.3) is 0 Å². The first-order chi connectivity index (χ1) is 15.4. The Morgan fingerprint density at radius 3 is 2.28 bits per heavy atom. The molecule has 0 atom stereocenters. The van der Waals surface area contributed by atoms with Gasteiger partial charge in [0.25, 0.3) is 0 Å². The van der Waals surface area contributed by atoms with E-state index in [-0.39, 0.29) is 6.54 Å². The van der Waals surface area contributed by atoms with E-state index in [4.69, 9.17) is 4.74 Å². The fraction of sp³-hybridized carbons (Fsp3) is 0.208. The van der Waals surface area contributed by atoms with Crippen LogP contribution in [0.3, 0.4) is 0 Å². The number of amides is 1. The van der Waals surface area contributed by atoms with Gasteiger partial charge in [-0.2, -0.15) is 0 Å². The van der Waals surface area contributed by atoms with Crippen LogP contribution < -0.4 is 14.4 Å². The number of carbonyl (C=O) groups is 1. The first-order valence-electron chi connectivity index (χ1n) is 10.1. The van der Waals surface area contributed by atoms with E-state index in [1.54, 1.807) is 42.1 Å². The lowest BCUT2D eigenvalue weighted by Gasteiger charge is -2.22. The largest absolute Gasteiger partial charge is 0.489 e. The number of carbonyl (C=O) groups excluding carboxylic acids is 1. The van der Waals surface area contributed by atoms with Crippen LogP contribution in [0.5, 0.6) is 5.75 Å². The maximum atomic E-state index is 12.7. The summed E-state index contributed by atoms with van der Waals surface area (Å²) in [4.78, 5) is 13.6. The molecule has 1 N–H and O–H groups in total. The van der Waals surface area contributed by atoms with Gasteiger partial charge in [-0.1, -0.05) is 49.4 Å². The van der Waals surface area contributed by atoms with Crippen molar-refractivity contribution in [2.75, 3.05) is 28.2 Å². The van der Waals surface area contributed by atoms with Crippen molar-refractivity contribution >= 4 is 39.1 Å². The lowest BCUT2D eigenvalue weighted by Crippen LogP contribution is -2.37. The van der Waals surface area contributed by atoms with E-state index < -0.39 is 15.9 Å². The molecule has 0 fully saturated rings. The maximum Gasteiger partial charge on any atom is 0.245 e. The molecule has 8 heteroatoms. The Morgan fingerprint density at radius 1 is 0.969 bits per heavy atom. The average molecular weight is 471 g/mol. The van der Waals surface area contributed by atoms with Crippen LogP contribution in [0.4, 0.5) is 11.4 Å². The highest BCUT2D eigenvalue weighted by Gasteiger charge is 2.21. The molecule has 3 rings (SSSR count). The number of anilines is 2. The summed E-state index contributed by atoms with van der Waals surface area (Å²) in [6.07, 6.45) is 1.08. The van der Waals surface area contributed by atoms with Gasteiger partial charge in [0, 0.05) is 4.90 Å². The van der Waals surface area contributed by atoms with Gasteiger partial charge in [0.15, 0.2) is 0 Å². The van der Waals surface area contributed by atoms with Crippen molar-refractivity contribution in [3.05, 3.63) is 84.4 Å². The van der Waals surface area contributed by atoms with Crippen LogP contribution in [-0.4, -0.2) is 32.9 Å². The molecule has 1 amide bonds. The Balaban J connectivity index is 1.69. The molecular formula is C24H26N2O4S2. The molecule has 0 bridgehead atoms. The smallest absolute Gasteiger partial charge is 0.245 e. The highest BCUT2D eigenvalue weighted by molar-refractivity contribution is 7.99. The molecule has 0 spiro atoms. The summed E-state index contributed by atoms with van der Waals surface area (Å²) < 4.78 is 31.6. The van der Waals surface area contributed by atoms with Gasteiger partial charge in [0.1, 0.15) is 18.9 Å². The van der Waals surface area contributed by atoms with Gasteiger partial charge in [-0.25, -0.2) is 8.42 Å². The maximum absolute atomic E-state index is 12.7. The molecule has 0 aromatic heterocycles. The minimum Gasteiger partial charge on any atom is -0.489 e. The van der Waals surface area contributed by atoms with Crippen molar-refractivity contribution in [3.8, 4) is 5.75 Å². The van der Waals surface area contributed by atoms with Gasteiger partial charge in [0.05, 0.1) is 17.6 Å². The van der Waals surface area contributed by atoms with Gasteiger partial charge < -0.3 is 10.1 Å². The number of sulfonamides is 1. The third-order valence-electron chi connectivity index (χ3n) is 4.52. The van der Waals surface area contributed by atoms with Crippen LogP contribution in [0.1, 0.15) is 12.5 Å². The number of hydrogen-bond acceptors (Lipinski definition) is 5. The fourth-order valence-corrected chi connectivity index (χ4v) is 4.64. The van der Waals surface area contributed by atoms with E-state index in [2.05, 4.69) is 5.32 Å². The zero-order chi connectivity index (χ0) is 23.0. The Hall–Kier alpha value is -2.97. The molecule has 0 aliphatic rings. The highest BCUT2D eigenvalue weighted by Crippen LogP contribution is 2.27. The monoisotopic (exact) mass is 470 g/mol. The Labute approximate surface area is 193 Å². The molecule has 3 aromatic carbocycles. The topological polar surface area (TPSA) is 75.7 Å². The molecule has 0 saturated heterocycles. The van der Waals surface area contributed by atoms with Crippen LogP contribution in [-0.2, 0) is 21.4 Å². The molecule has 0 aliphatic carbocycles. The predicted octanol–water partition coefficient (Wildman–Crippen LogP) is 4.78. The normalized spacial score (nSPS) is 11.1. The fourth-order valence-electron chi connectivity index (χ4n) is 3.02. The molecule has 3 aromatic rings. The molecule has 32 heavy (non-hydrogen) atoms. The summed E-state index contributed by atoms with van der Waals surface area (Å²) in [5.74, 6) is 1.06. The number of benzene rings is 3. The first kappa shape index (κ1) is 23.7.